The number of ether oxygens (including phenoxy) is 1. The zero-order valence-electron chi connectivity index (χ0n) is 14.0. The molecule has 2 aromatic rings. The highest BCUT2D eigenvalue weighted by Crippen LogP contribution is 2.22. The van der Waals surface area contributed by atoms with Gasteiger partial charge in [0.05, 0.1) is 5.75 Å². The Morgan fingerprint density at radius 3 is 2.80 bits per heavy atom. The number of carbonyl (C=O) groups excluding carboxylic acids is 1. The number of thioether (sulfide) groups is 1. The zero-order valence-corrected chi connectivity index (χ0v) is 14.8. The predicted octanol–water partition coefficient (Wildman–Crippen LogP) is 3.09. The van der Waals surface area contributed by atoms with E-state index in [4.69, 9.17) is 4.74 Å². The van der Waals surface area contributed by atoms with Crippen molar-refractivity contribution in [2.75, 3.05) is 18.8 Å². The van der Waals surface area contributed by atoms with E-state index in [2.05, 4.69) is 9.97 Å². The molecule has 132 valence electrons. The summed E-state index contributed by atoms with van der Waals surface area (Å²) in [7, 11) is 0. The average molecular weight is 361 g/mol. The second-order valence-corrected chi connectivity index (χ2v) is 6.84. The number of carbonyl (C=O) groups is 1. The van der Waals surface area contributed by atoms with Crippen molar-refractivity contribution in [2.24, 2.45) is 0 Å². The van der Waals surface area contributed by atoms with Crippen LogP contribution in [0.3, 0.4) is 0 Å². The van der Waals surface area contributed by atoms with E-state index in [1.165, 1.54) is 17.8 Å². The minimum Gasteiger partial charge on any atom is -0.487 e. The number of aryl methyl sites for hydroxylation is 1. The van der Waals surface area contributed by atoms with E-state index in [9.17, 15) is 9.18 Å². The lowest BCUT2D eigenvalue weighted by Gasteiger charge is -2.32. The van der Waals surface area contributed by atoms with Gasteiger partial charge in [-0.05, 0) is 25.1 Å². The van der Waals surface area contributed by atoms with Crippen LogP contribution in [-0.4, -0.2) is 45.7 Å². The Labute approximate surface area is 150 Å². The first-order valence-electron chi connectivity index (χ1n) is 8.23. The molecule has 1 saturated heterocycles. The third kappa shape index (κ3) is 4.92. The maximum absolute atomic E-state index is 13.6. The summed E-state index contributed by atoms with van der Waals surface area (Å²) in [6.07, 6.45) is 3.03. The quantitative estimate of drug-likeness (QED) is 0.605. The molecule has 3 rings (SSSR count). The summed E-state index contributed by atoms with van der Waals surface area (Å²) in [5.74, 6) is 0.317. The lowest BCUT2D eigenvalue weighted by molar-refractivity contribution is -0.130. The number of amides is 1. The normalized spacial score (nSPS) is 15.2. The molecular formula is C18H20FN3O2S. The first-order chi connectivity index (χ1) is 12.1. The van der Waals surface area contributed by atoms with E-state index in [1.807, 2.05) is 17.9 Å². The maximum Gasteiger partial charge on any atom is 0.233 e. The SMILES string of the molecule is Cc1ccnc(SCC(=O)N2CCC(Oc3ccccc3F)CC2)n1. The smallest absolute Gasteiger partial charge is 0.233 e. The maximum atomic E-state index is 13.6. The predicted molar refractivity (Wildman–Crippen MR) is 94.1 cm³/mol. The monoisotopic (exact) mass is 361 g/mol. The molecule has 1 aromatic heterocycles. The molecule has 0 spiro atoms. The molecule has 0 aliphatic carbocycles. The molecule has 0 radical (unpaired) electrons. The van der Waals surface area contributed by atoms with Gasteiger partial charge in [-0.15, -0.1) is 0 Å². The molecule has 1 amide bonds. The van der Waals surface area contributed by atoms with Crippen LogP contribution < -0.4 is 4.74 Å². The molecule has 25 heavy (non-hydrogen) atoms. The summed E-state index contributed by atoms with van der Waals surface area (Å²) in [5, 5.41) is 0.617. The van der Waals surface area contributed by atoms with Gasteiger partial charge in [-0.3, -0.25) is 4.79 Å². The van der Waals surface area contributed by atoms with Crippen LogP contribution in [0.4, 0.5) is 4.39 Å². The topological polar surface area (TPSA) is 55.3 Å². The Balaban J connectivity index is 1.45. The number of aromatic nitrogens is 2. The van der Waals surface area contributed by atoms with E-state index in [1.54, 1.807) is 24.4 Å². The number of rotatable bonds is 5. The number of para-hydroxylation sites is 1. The molecule has 1 aromatic carbocycles. The molecule has 0 N–H and O–H groups in total. The largest absolute Gasteiger partial charge is 0.487 e. The van der Waals surface area contributed by atoms with E-state index in [-0.39, 0.29) is 23.6 Å². The number of hydrogen-bond donors (Lipinski definition) is 0. The number of piperidine rings is 1. The molecule has 1 aliphatic heterocycles. The Hall–Kier alpha value is -2.15. The summed E-state index contributed by atoms with van der Waals surface area (Å²) in [6.45, 7) is 3.13. The van der Waals surface area contributed by atoms with Gasteiger partial charge in [-0.25, -0.2) is 14.4 Å². The molecule has 5 nitrogen and oxygen atoms in total. The van der Waals surface area contributed by atoms with Crippen LogP contribution in [0.1, 0.15) is 18.5 Å². The fraction of sp³-hybridized carbons (Fsp3) is 0.389. The zero-order chi connectivity index (χ0) is 17.6. The second kappa shape index (κ2) is 8.29. The van der Waals surface area contributed by atoms with Gasteiger partial charge in [-0.1, -0.05) is 23.9 Å². The Morgan fingerprint density at radius 1 is 1.32 bits per heavy atom. The summed E-state index contributed by atoms with van der Waals surface area (Å²) >= 11 is 1.35. The summed E-state index contributed by atoms with van der Waals surface area (Å²) in [5.41, 5.74) is 0.885. The third-order valence-electron chi connectivity index (χ3n) is 4.02. The van der Waals surface area contributed by atoms with E-state index in [0.29, 0.717) is 36.8 Å². The molecule has 0 bridgehead atoms. The van der Waals surface area contributed by atoms with Crippen molar-refractivity contribution in [2.45, 2.75) is 31.0 Å². The Morgan fingerprint density at radius 2 is 2.08 bits per heavy atom. The summed E-state index contributed by atoms with van der Waals surface area (Å²) in [4.78, 5) is 22.6. The molecule has 7 heteroatoms. The Kier molecular flexibility index (Phi) is 5.86. The summed E-state index contributed by atoms with van der Waals surface area (Å²) < 4.78 is 19.4. The van der Waals surface area contributed by atoms with Crippen molar-refractivity contribution in [1.82, 2.24) is 14.9 Å². The van der Waals surface area contributed by atoms with Crippen LogP contribution in [0, 0.1) is 12.7 Å². The average Bonchev–Trinajstić information content (AvgIpc) is 2.62. The van der Waals surface area contributed by atoms with Gasteiger partial charge in [0.25, 0.3) is 0 Å². The lowest BCUT2D eigenvalue weighted by atomic mass is 10.1. The Bertz CT molecular complexity index is 736. The van der Waals surface area contributed by atoms with Crippen LogP contribution in [0.15, 0.2) is 41.7 Å². The molecule has 1 fully saturated rings. The number of hydrogen-bond acceptors (Lipinski definition) is 5. The van der Waals surface area contributed by atoms with Gasteiger partial charge >= 0.3 is 0 Å². The van der Waals surface area contributed by atoms with Crippen LogP contribution in [-0.2, 0) is 4.79 Å². The van der Waals surface area contributed by atoms with Crippen LogP contribution in [0.25, 0.3) is 0 Å². The van der Waals surface area contributed by atoms with E-state index < -0.39 is 0 Å². The first-order valence-corrected chi connectivity index (χ1v) is 9.22. The lowest BCUT2D eigenvalue weighted by Crippen LogP contribution is -2.42. The first kappa shape index (κ1) is 17.7. The molecule has 0 atom stereocenters. The van der Waals surface area contributed by atoms with E-state index >= 15 is 0 Å². The van der Waals surface area contributed by atoms with Crippen LogP contribution in [0.2, 0.25) is 0 Å². The highest BCUT2D eigenvalue weighted by atomic mass is 32.2. The van der Waals surface area contributed by atoms with Crippen molar-refractivity contribution >= 4 is 17.7 Å². The van der Waals surface area contributed by atoms with Crippen LogP contribution in [0.5, 0.6) is 5.75 Å². The van der Waals surface area contributed by atoms with Crippen LogP contribution >= 0.6 is 11.8 Å². The van der Waals surface area contributed by atoms with Gasteiger partial charge < -0.3 is 9.64 Å². The number of nitrogens with zero attached hydrogens (tertiary/aromatic N) is 3. The second-order valence-electron chi connectivity index (χ2n) is 5.90. The highest BCUT2D eigenvalue weighted by molar-refractivity contribution is 7.99. The van der Waals surface area contributed by atoms with Crippen molar-refractivity contribution < 1.29 is 13.9 Å². The van der Waals surface area contributed by atoms with Gasteiger partial charge in [0, 0.05) is 37.8 Å². The number of halogens is 1. The molecule has 0 saturated carbocycles. The van der Waals surface area contributed by atoms with Crippen molar-refractivity contribution in [3.63, 3.8) is 0 Å². The van der Waals surface area contributed by atoms with Gasteiger partial charge in [0.2, 0.25) is 5.91 Å². The molecular weight excluding hydrogens is 341 g/mol. The number of benzene rings is 1. The molecule has 1 aliphatic rings. The third-order valence-corrected chi connectivity index (χ3v) is 4.87. The molecule has 0 unspecified atom stereocenters. The van der Waals surface area contributed by atoms with Crippen molar-refractivity contribution in [3.05, 3.63) is 48.0 Å². The van der Waals surface area contributed by atoms with Gasteiger partial charge in [0.1, 0.15) is 6.10 Å². The molecule has 2 heterocycles. The summed E-state index contributed by atoms with van der Waals surface area (Å²) in [6, 6.07) is 8.23. The van der Waals surface area contributed by atoms with Crippen molar-refractivity contribution in [3.8, 4) is 5.75 Å². The number of likely N-dealkylation sites (tertiary alicyclic amines) is 1. The standard InChI is InChI=1S/C18H20FN3O2S/c1-13-6-9-20-18(21-13)25-12-17(23)22-10-7-14(8-11-22)24-16-5-3-2-4-15(16)19/h2-6,9,14H,7-8,10-12H2,1H3. The van der Waals surface area contributed by atoms with Gasteiger partial charge in [-0.2, -0.15) is 0 Å². The van der Waals surface area contributed by atoms with E-state index in [0.717, 1.165) is 5.69 Å². The fourth-order valence-electron chi connectivity index (χ4n) is 2.66. The fourth-order valence-corrected chi connectivity index (χ4v) is 3.44. The highest BCUT2D eigenvalue weighted by Gasteiger charge is 2.24. The minimum absolute atomic E-state index is 0.0614. The minimum atomic E-state index is -0.351. The van der Waals surface area contributed by atoms with Gasteiger partial charge in [0.15, 0.2) is 16.7 Å². The van der Waals surface area contributed by atoms with Crippen molar-refractivity contribution in [1.29, 1.82) is 0 Å².